The van der Waals surface area contributed by atoms with Gasteiger partial charge in [0, 0.05) is 22.3 Å². The van der Waals surface area contributed by atoms with Crippen molar-refractivity contribution < 1.29 is 13.2 Å². The number of rotatable bonds is 0. The average molecular weight is 410 g/mol. The fraction of sp³-hybridized carbons (Fsp3) is 0.0714. The van der Waals surface area contributed by atoms with E-state index >= 15 is 0 Å². The molecule has 0 aliphatic carbocycles. The molecule has 0 N–H and O–H groups in total. The SMILES string of the molecule is Cc1ccc(C#Cc2ccc(C#Cc3ccc(C(F)(F)F)cc3)c3ccccc23)cc1. The molecule has 0 saturated heterocycles. The van der Waals surface area contributed by atoms with Crippen LogP contribution in [0.15, 0.2) is 84.9 Å². The number of hydrogen-bond acceptors (Lipinski definition) is 0. The van der Waals surface area contributed by atoms with Gasteiger partial charge < -0.3 is 0 Å². The minimum atomic E-state index is -4.35. The zero-order valence-electron chi connectivity index (χ0n) is 16.7. The summed E-state index contributed by atoms with van der Waals surface area (Å²) in [7, 11) is 0. The quantitative estimate of drug-likeness (QED) is 0.275. The number of fused-ring (bicyclic) bond motifs is 1. The van der Waals surface area contributed by atoms with Gasteiger partial charge in [-0.3, -0.25) is 0 Å². The molecule has 3 heteroatoms. The second-order valence-electron chi connectivity index (χ2n) is 7.15. The Balaban J connectivity index is 1.68. The van der Waals surface area contributed by atoms with Crippen LogP contribution in [0.1, 0.15) is 33.4 Å². The van der Waals surface area contributed by atoms with Crippen LogP contribution in [0.4, 0.5) is 13.2 Å². The summed E-state index contributed by atoms with van der Waals surface area (Å²) in [4.78, 5) is 0. The van der Waals surface area contributed by atoms with Crippen molar-refractivity contribution in [2.75, 3.05) is 0 Å². The predicted octanol–water partition coefficient (Wildman–Crippen LogP) is 6.97. The Bertz CT molecular complexity index is 1350. The smallest absolute Gasteiger partial charge is 0.166 e. The van der Waals surface area contributed by atoms with E-state index in [0.29, 0.717) is 5.56 Å². The second kappa shape index (κ2) is 8.42. The highest BCUT2D eigenvalue weighted by atomic mass is 19.4. The Kier molecular flexibility index (Phi) is 5.52. The summed E-state index contributed by atoms with van der Waals surface area (Å²) in [5, 5.41) is 1.94. The summed E-state index contributed by atoms with van der Waals surface area (Å²) in [6.07, 6.45) is -4.35. The van der Waals surface area contributed by atoms with Gasteiger partial charge in [0.25, 0.3) is 0 Å². The molecule has 31 heavy (non-hydrogen) atoms. The lowest BCUT2D eigenvalue weighted by Crippen LogP contribution is -2.04. The second-order valence-corrected chi connectivity index (χ2v) is 7.15. The van der Waals surface area contributed by atoms with Gasteiger partial charge in [-0.25, -0.2) is 0 Å². The summed E-state index contributed by atoms with van der Waals surface area (Å²) in [6, 6.07) is 24.6. The third-order valence-electron chi connectivity index (χ3n) is 4.87. The monoisotopic (exact) mass is 410 g/mol. The van der Waals surface area contributed by atoms with Crippen LogP contribution in [0.3, 0.4) is 0 Å². The zero-order chi connectivity index (χ0) is 21.8. The fourth-order valence-corrected chi connectivity index (χ4v) is 3.18. The molecule has 0 atom stereocenters. The minimum absolute atomic E-state index is 0.528. The molecule has 0 aliphatic heterocycles. The van der Waals surface area contributed by atoms with Crippen molar-refractivity contribution in [3.8, 4) is 23.7 Å². The van der Waals surface area contributed by atoms with Crippen LogP contribution in [-0.2, 0) is 6.18 Å². The van der Waals surface area contributed by atoms with Crippen LogP contribution in [0.5, 0.6) is 0 Å². The van der Waals surface area contributed by atoms with Crippen molar-refractivity contribution >= 4 is 10.8 Å². The van der Waals surface area contributed by atoms with Crippen LogP contribution < -0.4 is 0 Å². The molecule has 0 saturated carbocycles. The van der Waals surface area contributed by atoms with Crippen molar-refractivity contribution in [3.05, 3.63) is 118 Å². The maximum Gasteiger partial charge on any atom is 0.416 e. The van der Waals surface area contributed by atoms with E-state index in [1.54, 1.807) is 0 Å². The van der Waals surface area contributed by atoms with Gasteiger partial charge in [-0.15, -0.1) is 0 Å². The molecule has 4 rings (SSSR count). The number of hydrogen-bond donors (Lipinski definition) is 0. The van der Waals surface area contributed by atoms with Crippen LogP contribution in [0.2, 0.25) is 0 Å². The normalized spacial score (nSPS) is 10.7. The fourth-order valence-electron chi connectivity index (χ4n) is 3.18. The summed E-state index contributed by atoms with van der Waals surface area (Å²) in [5.41, 5.74) is 3.68. The van der Waals surface area contributed by atoms with Gasteiger partial charge in [0.2, 0.25) is 0 Å². The van der Waals surface area contributed by atoms with Crippen molar-refractivity contribution in [1.82, 2.24) is 0 Å². The summed E-state index contributed by atoms with van der Waals surface area (Å²) in [5.74, 6) is 12.5. The van der Waals surface area contributed by atoms with E-state index in [4.69, 9.17) is 0 Å². The van der Waals surface area contributed by atoms with Gasteiger partial charge in [-0.05, 0) is 66.2 Å². The van der Waals surface area contributed by atoms with Crippen molar-refractivity contribution in [1.29, 1.82) is 0 Å². The number of aryl methyl sites for hydroxylation is 1. The van der Waals surface area contributed by atoms with Gasteiger partial charge in [-0.1, -0.05) is 65.6 Å². The lowest BCUT2D eigenvalue weighted by Gasteiger charge is -2.05. The Hall–Kier alpha value is -3.95. The van der Waals surface area contributed by atoms with E-state index in [2.05, 4.69) is 23.7 Å². The topological polar surface area (TPSA) is 0 Å². The maximum atomic E-state index is 12.7. The van der Waals surface area contributed by atoms with Gasteiger partial charge in [0.1, 0.15) is 0 Å². The first kappa shape index (κ1) is 20.3. The van der Waals surface area contributed by atoms with E-state index in [1.165, 1.54) is 17.7 Å². The molecule has 0 radical (unpaired) electrons. The molecule has 0 aliphatic rings. The van der Waals surface area contributed by atoms with Gasteiger partial charge >= 0.3 is 6.18 Å². The molecular formula is C28H17F3. The number of benzene rings is 4. The van der Waals surface area contributed by atoms with E-state index in [9.17, 15) is 13.2 Å². The average Bonchev–Trinajstić information content (AvgIpc) is 2.77. The van der Waals surface area contributed by atoms with Gasteiger partial charge in [0.15, 0.2) is 0 Å². The molecule has 0 spiro atoms. The first-order chi connectivity index (χ1) is 14.9. The summed E-state index contributed by atoms with van der Waals surface area (Å²) in [6.45, 7) is 2.04. The Morgan fingerprint density at radius 3 is 1.45 bits per heavy atom. The van der Waals surface area contributed by atoms with E-state index < -0.39 is 11.7 Å². The molecule has 0 heterocycles. The minimum Gasteiger partial charge on any atom is -0.166 e. The molecular weight excluding hydrogens is 393 g/mol. The molecule has 0 bridgehead atoms. The standard InChI is InChI=1S/C28H17F3/c1-20-6-8-21(9-7-20)10-14-23-16-17-24(27-5-3-2-4-26(23)27)15-11-22-12-18-25(19-13-22)28(29,30)31/h2-9,12-13,16-19H,1H3. The van der Waals surface area contributed by atoms with Gasteiger partial charge in [0.05, 0.1) is 5.56 Å². The molecule has 0 fully saturated rings. The molecule has 0 aromatic heterocycles. The van der Waals surface area contributed by atoms with Crippen molar-refractivity contribution in [2.45, 2.75) is 13.1 Å². The molecule has 4 aromatic rings. The third kappa shape index (κ3) is 4.80. The van der Waals surface area contributed by atoms with Crippen molar-refractivity contribution in [3.63, 3.8) is 0 Å². The first-order valence-electron chi connectivity index (χ1n) is 9.70. The number of alkyl halides is 3. The molecule has 0 unspecified atom stereocenters. The Morgan fingerprint density at radius 1 is 0.548 bits per heavy atom. The highest BCUT2D eigenvalue weighted by Crippen LogP contribution is 2.29. The summed E-state index contributed by atoms with van der Waals surface area (Å²) >= 11 is 0. The molecule has 0 nitrogen and oxygen atoms in total. The van der Waals surface area contributed by atoms with E-state index in [1.807, 2.05) is 67.6 Å². The largest absolute Gasteiger partial charge is 0.416 e. The lowest BCUT2D eigenvalue weighted by molar-refractivity contribution is -0.137. The molecule has 0 amide bonds. The zero-order valence-corrected chi connectivity index (χ0v) is 16.7. The van der Waals surface area contributed by atoms with Crippen LogP contribution in [0.25, 0.3) is 10.8 Å². The highest BCUT2D eigenvalue weighted by Gasteiger charge is 2.29. The Morgan fingerprint density at radius 2 is 1.00 bits per heavy atom. The lowest BCUT2D eigenvalue weighted by atomic mass is 9.99. The molecule has 4 aromatic carbocycles. The van der Waals surface area contributed by atoms with Crippen LogP contribution in [0, 0.1) is 30.6 Å². The van der Waals surface area contributed by atoms with Crippen molar-refractivity contribution in [2.24, 2.45) is 0 Å². The predicted molar refractivity (Wildman–Crippen MR) is 119 cm³/mol. The highest BCUT2D eigenvalue weighted by molar-refractivity contribution is 5.93. The first-order valence-corrected chi connectivity index (χ1v) is 9.70. The van der Waals surface area contributed by atoms with E-state index in [-0.39, 0.29) is 0 Å². The Labute approximate surface area is 179 Å². The third-order valence-corrected chi connectivity index (χ3v) is 4.87. The van der Waals surface area contributed by atoms with Crippen LogP contribution in [-0.4, -0.2) is 0 Å². The number of halogens is 3. The van der Waals surface area contributed by atoms with Gasteiger partial charge in [-0.2, -0.15) is 13.2 Å². The van der Waals surface area contributed by atoms with Crippen LogP contribution >= 0.6 is 0 Å². The molecule has 150 valence electrons. The summed E-state index contributed by atoms with van der Waals surface area (Å²) < 4.78 is 38.2. The maximum absolute atomic E-state index is 12.7. The van der Waals surface area contributed by atoms with E-state index in [0.717, 1.165) is 39.6 Å².